The molecule has 0 spiro atoms. The fourth-order valence-electron chi connectivity index (χ4n) is 3.39. The molecule has 6 nitrogen and oxygen atoms in total. The largest absolute Gasteiger partial charge is 0.453 e. The third-order valence-electron chi connectivity index (χ3n) is 4.51. The van der Waals surface area contributed by atoms with Gasteiger partial charge in [0.1, 0.15) is 0 Å². The van der Waals surface area contributed by atoms with Gasteiger partial charge in [-0.1, -0.05) is 37.3 Å². The molecule has 0 bridgehead atoms. The van der Waals surface area contributed by atoms with Crippen LogP contribution in [0, 0.1) is 0 Å². The van der Waals surface area contributed by atoms with E-state index in [0.29, 0.717) is 28.6 Å². The molecule has 1 atom stereocenters. The van der Waals surface area contributed by atoms with E-state index in [1.54, 1.807) is 42.3 Å². The standard InChI is InChI=1S/C20H18N2O4S/c1-2-19(27(23,24)25)22-16-10-3-4-11-17(16)26-18-12-7-8-14(20(18)22)15-9-5-6-13-21-15/h3-13,19H,2H2,1H3,(H,23,24,25). The number of fused-ring (bicyclic) bond motifs is 2. The molecule has 138 valence electrons. The average molecular weight is 382 g/mol. The minimum atomic E-state index is -4.35. The molecule has 0 saturated heterocycles. The summed E-state index contributed by atoms with van der Waals surface area (Å²) in [7, 11) is -4.35. The predicted molar refractivity (Wildman–Crippen MR) is 104 cm³/mol. The van der Waals surface area contributed by atoms with Crippen LogP contribution in [0.3, 0.4) is 0 Å². The van der Waals surface area contributed by atoms with Crippen LogP contribution in [0.5, 0.6) is 11.5 Å². The Kier molecular flexibility index (Phi) is 4.33. The second kappa shape index (κ2) is 6.68. The number of hydrogen-bond acceptors (Lipinski definition) is 5. The molecule has 2 aromatic carbocycles. The van der Waals surface area contributed by atoms with E-state index in [0.717, 1.165) is 5.56 Å². The highest BCUT2D eigenvalue weighted by Gasteiger charge is 2.37. The molecule has 2 heterocycles. The fourth-order valence-corrected chi connectivity index (χ4v) is 4.30. The van der Waals surface area contributed by atoms with E-state index in [1.165, 1.54) is 0 Å². The van der Waals surface area contributed by atoms with E-state index in [2.05, 4.69) is 4.98 Å². The number of benzene rings is 2. The first-order chi connectivity index (χ1) is 13.0. The zero-order chi connectivity index (χ0) is 19.0. The SMILES string of the molecule is CCC(N1c2ccccc2Oc2cccc(-c3ccccn3)c21)S(=O)(=O)O. The zero-order valence-corrected chi connectivity index (χ0v) is 15.4. The first-order valence-electron chi connectivity index (χ1n) is 8.57. The number of para-hydroxylation sites is 3. The van der Waals surface area contributed by atoms with Gasteiger partial charge in [-0.3, -0.25) is 9.54 Å². The minimum absolute atomic E-state index is 0.198. The summed E-state index contributed by atoms with van der Waals surface area (Å²) in [6, 6.07) is 18.2. The third-order valence-corrected chi connectivity index (χ3v) is 5.74. The van der Waals surface area contributed by atoms with Gasteiger partial charge in [0, 0.05) is 11.8 Å². The van der Waals surface area contributed by atoms with Crippen molar-refractivity contribution in [1.29, 1.82) is 0 Å². The number of ether oxygens (including phenoxy) is 1. The Bertz CT molecular complexity index is 1080. The predicted octanol–water partition coefficient (Wildman–Crippen LogP) is 4.62. The van der Waals surface area contributed by atoms with Crippen LogP contribution in [0.2, 0.25) is 0 Å². The number of pyridine rings is 1. The van der Waals surface area contributed by atoms with Gasteiger partial charge < -0.3 is 9.64 Å². The fraction of sp³-hybridized carbons (Fsp3) is 0.150. The zero-order valence-electron chi connectivity index (χ0n) is 14.6. The summed E-state index contributed by atoms with van der Waals surface area (Å²) < 4.78 is 40.3. The highest BCUT2D eigenvalue weighted by molar-refractivity contribution is 7.86. The molecule has 1 aliphatic rings. The number of anilines is 2. The summed E-state index contributed by atoms with van der Waals surface area (Å²) in [6.07, 6.45) is 1.87. The lowest BCUT2D eigenvalue weighted by Gasteiger charge is -2.37. The van der Waals surface area contributed by atoms with Crippen molar-refractivity contribution in [2.24, 2.45) is 0 Å². The van der Waals surface area contributed by atoms with Crippen LogP contribution in [-0.4, -0.2) is 23.3 Å². The summed E-state index contributed by atoms with van der Waals surface area (Å²) in [6.45, 7) is 1.72. The maximum Gasteiger partial charge on any atom is 0.286 e. The molecule has 0 saturated carbocycles. The van der Waals surface area contributed by atoms with Crippen molar-refractivity contribution in [2.75, 3.05) is 4.90 Å². The van der Waals surface area contributed by atoms with Crippen molar-refractivity contribution in [1.82, 2.24) is 4.98 Å². The van der Waals surface area contributed by atoms with Gasteiger partial charge in [0.25, 0.3) is 10.1 Å². The molecule has 27 heavy (non-hydrogen) atoms. The summed E-state index contributed by atoms with van der Waals surface area (Å²) in [5.41, 5.74) is 2.56. The maximum atomic E-state index is 12.2. The van der Waals surface area contributed by atoms with E-state index in [9.17, 15) is 13.0 Å². The van der Waals surface area contributed by atoms with Crippen LogP contribution >= 0.6 is 0 Å². The van der Waals surface area contributed by atoms with Crippen molar-refractivity contribution in [3.8, 4) is 22.8 Å². The van der Waals surface area contributed by atoms with Crippen LogP contribution < -0.4 is 9.64 Å². The molecule has 0 radical (unpaired) electrons. The van der Waals surface area contributed by atoms with Crippen LogP contribution in [0.1, 0.15) is 13.3 Å². The molecular weight excluding hydrogens is 364 g/mol. The van der Waals surface area contributed by atoms with Crippen molar-refractivity contribution in [3.05, 3.63) is 66.9 Å². The lowest BCUT2D eigenvalue weighted by atomic mass is 10.0. The molecule has 1 aromatic heterocycles. The van der Waals surface area contributed by atoms with E-state index in [1.807, 2.05) is 36.4 Å². The highest BCUT2D eigenvalue weighted by Crippen LogP contribution is 2.52. The lowest BCUT2D eigenvalue weighted by Crippen LogP contribution is -2.39. The summed E-state index contributed by atoms with van der Waals surface area (Å²) in [5.74, 6) is 1.05. The second-order valence-electron chi connectivity index (χ2n) is 6.18. The number of rotatable bonds is 4. The molecule has 0 aliphatic carbocycles. The molecular formula is C20H18N2O4S. The Morgan fingerprint density at radius 1 is 1.04 bits per heavy atom. The Hall–Kier alpha value is -2.90. The molecule has 1 aliphatic heterocycles. The van der Waals surface area contributed by atoms with Crippen molar-refractivity contribution in [2.45, 2.75) is 18.7 Å². The smallest absolute Gasteiger partial charge is 0.286 e. The summed E-state index contributed by atoms with van der Waals surface area (Å²) in [5, 5.41) is -1.15. The van der Waals surface area contributed by atoms with E-state index >= 15 is 0 Å². The number of aromatic nitrogens is 1. The first kappa shape index (κ1) is 17.5. The highest BCUT2D eigenvalue weighted by atomic mass is 32.2. The molecule has 4 rings (SSSR count). The van der Waals surface area contributed by atoms with E-state index in [4.69, 9.17) is 4.74 Å². The maximum absolute atomic E-state index is 12.2. The molecule has 7 heteroatoms. The van der Waals surface area contributed by atoms with Gasteiger partial charge in [-0.05, 0) is 36.8 Å². The Balaban J connectivity index is 2.02. The monoisotopic (exact) mass is 382 g/mol. The van der Waals surface area contributed by atoms with E-state index in [-0.39, 0.29) is 6.42 Å². The van der Waals surface area contributed by atoms with Crippen LogP contribution in [0.4, 0.5) is 11.4 Å². The summed E-state index contributed by atoms with van der Waals surface area (Å²) >= 11 is 0. The molecule has 3 aromatic rings. The number of hydrogen-bond donors (Lipinski definition) is 1. The number of nitrogens with zero attached hydrogens (tertiary/aromatic N) is 2. The molecule has 0 amide bonds. The average Bonchev–Trinajstić information content (AvgIpc) is 2.67. The van der Waals surface area contributed by atoms with Crippen molar-refractivity contribution >= 4 is 21.5 Å². The second-order valence-corrected chi connectivity index (χ2v) is 7.76. The van der Waals surface area contributed by atoms with Gasteiger partial charge in [0.2, 0.25) is 0 Å². The topological polar surface area (TPSA) is 79.7 Å². The van der Waals surface area contributed by atoms with Crippen molar-refractivity contribution < 1.29 is 17.7 Å². The van der Waals surface area contributed by atoms with Gasteiger partial charge in [-0.2, -0.15) is 8.42 Å². The van der Waals surface area contributed by atoms with Gasteiger partial charge in [-0.25, -0.2) is 0 Å². The lowest BCUT2D eigenvalue weighted by molar-refractivity contribution is 0.452. The van der Waals surface area contributed by atoms with Gasteiger partial charge in [0.05, 0.1) is 17.1 Å². The van der Waals surface area contributed by atoms with Crippen LogP contribution in [-0.2, 0) is 10.1 Å². The van der Waals surface area contributed by atoms with Crippen LogP contribution in [0.25, 0.3) is 11.3 Å². The van der Waals surface area contributed by atoms with Gasteiger partial charge in [-0.15, -0.1) is 0 Å². The Labute approximate surface area is 157 Å². The van der Waals surface area contributed by atoms with Crippen LogP contribution in [0.15, 0.2) is 66.9 Å². The van der Waals surface area contributed by atoms with Gasteiger partial charge in [0.15, 0.2) is 16.9 Å². The Morgan fingerprint density at radius 3 is 2.48 bits per heavy atom. The minimum Gasteiger partial charge on any atom is -0.453 e. The molecule has 1 N–H and O–H groups in total. The quantitative estimate of drug-likeness (QED) is 0.664. The van der Waals surface area contributed by atoms with E-state index < -0.39 is 15.5 Å². The first-order valence-corrected chi connectivity index (χ1v) is 10.1. The normalized spacial score (nSPS) is 14.1. The molecule has 1 unspecified atom stereocenters. The Morgan fingerprint density at radius 2 is 1.78 bits per heavy atom. The van der Waals surface area contributed by atoms with Gasteiger partial charge >= 0.3 is 0 Å². The summed E-state index contributed by atoms with van der Waals surface area (Å²) in [4.78, 5) is 6.03. The van der Waals surface area contributed by atoms with Crippen molar-refractivity contribution in [3.63, 3.8) is 0 Å². The third kappa shape index (κ3) is 3.05. The molecule has 0 fully saturated rings.